The minimum absolute atomic E-state index is 0.0494. The monoisotopic (exact) mass is 379 g/mol. The zero-order chi connectivity index (χ0) is 19.7. The van der Waals surface area contributed by atoms with Crippen molar-refractivity contribution in [3.8, 4) is 11.5 Å². The quantitative estimate of drug-likeness (QED) is 0.674. The van der Waals surface area contributed by atoms with Crippen LogP contribution in [0.2, 0.25) is 0 Å². The number of hydrogen-bond acceptors (Lipinski definition) is 6. The van der Waals surface area contributed by atoms with Gasteiger partial charge in [-0.3, -0.25) is 4.79 Å². The fraction of sp³-hybridized carbons (Fsp3) is 0.333. The molecule has 28 heavy (non-hydrogen) atoms. The molecular formula is C21H21N3O4. The van der Waals surface area contributed by atoms with E-state index in [0.717, 1.165) is 24.8 Å². The lowest BCUT2D eigenvalue weighted by atomic mass is 9.83. The summed E-state index contributed by atoms with van der Waals surface area (Å²) in [7, 11) is 1.59. The molecule has 144 valence electrons. The molecule has 0 bridgehead atoms. The third-order valence-corrected chi connectivity index (χ3v) is 5.10. The predicted octanol–water partition coefficient (Wildman–Crippen LogP) is 3.54. The SMILES string of the molecule is Cc1cc(C2CCC2)oc(=O)c1C(=O)N(C)Cc1nnc(-c2ccccc2)o1. The fourth-order valence-electron chi connectivity index (χ4n) is 3.26. The van der Waals surface area contributed by atoms with Crippen LogP contribution in [0.4, 0.5) is 0 Å². The van der Waals surface area contributed by atoms with Crippen molar-refractivity contribution >= 4 is 5.91 Å². The lowest BCUT2D eigenvalue weighted by molar-refractivity contribution is 0.0767. The summed E-state index contributed by atoms with van der Waals surface area (Å²) in [5.41, 5.74) is 0.895. The third-order valence-electron chi connectivity index (χ3n) is 5.10. The first-order valence-electron chi connectivity index (χ1n) is 9.31. The van der Waals surface area contributed by atoms with E-state index in [2.05, 4.69) is 10.2 Å². The van der Waals surface area contributed by atoms with Crippen LogP contribution >= 0.6 is 0 Å². The van der Waals surface area contributed by atoms with E-state index in [9.17, 15) is 9.59 Å². The molecule has 0 spiro atoms. The summed E-state index contributed by atoms with van der Waals surface area (Å²) in [5.74, 6) is 1.23. The highest BCUT2D eigenvalue weighted by Gasteiger charge is 2.26. The van der Waals surface area contributed by atoms with Crippen molar-refractivity contribution in [2.24, 2.45) is 0 Å². The molecular weight excluding hydrogens is 358 g/mol. The van der Waals surface area contributed by atoms with Crippen LogP contribution < -0.4 is 5.63 Å². The molecule has 0 aliphatic heterocycles. The zero-order valence-electron chi connectivity index (χ0n) is 15.8. The molecule has 1 aromatic carbocycles. The second-order valence-electron chi connectivity index (χ2n) is 7.15. The van der Waals surface area contributed by atoms with Crippen molar-refractivity contribution in [1.29, 1.82) is 0 Å². The average molecular weight is 379 g/mol. The molecule has 0 atom stereocenters. The Hall–Kier alpha value is -3.22. The number of aromatic nitrogens is 2. The summed E-state index contributed by atoms with van der Waals surface area (Å²) >= 11 is 0. The van der Waals surface area contributed by atoms with E-state index >= 15 is 0 Å². The molecule has 7 heteroatoms. The molecule has 1 aliphatic carbocycles. The van der Waals surface area contributed by atoms with E-state index in [4.69, 9.17) is 8.83 Å². The van der Waals surface area contributed by atoms with Gasteiger partial charge in [-0.1, -0.05) is 24.6 Å². The predicted molar refractivity (Wildman–Crippen MR) is 102 cm³/mol. The van der Waals surface area contributed by atoms with Gasteiger partial charge >= 0.3 is 5.63 Å². The van der Waals surface area contributed by atoms with Crippen LogP contribution in [-0.2, 0) is 6.54 Å². The molecule has 4 rings (SSSR count). The standard InChI is InChI=1S/C21H21N3O4/c1-13-11-16(14-9-6-10-14)27-21(26)18(13)20(25)24(2)12-17-22-23-19(28-17)15-7-4-3-5-8-15/h3-5,7-8,11,14H,6,9-10,12H2,1-2H3. The summed E-state index contributed by atoms with van der Waals surface area (Å²) in [4.78, 5) is 26.6. The topological polar surface area (TPSA) is 89.4 Å². The van der Waals surface area contributed by atoms with E-state index in [-0.39, 0.29) is 12.1 Å². The van der Waals surface area contributed by atoms with E-state index < -0.39 is 11.5 Å². The van der Waals surface area contributed by atoms with Gasteiger partial charge in [-0.25, -0.2) is 4.79 Å². The molecule has 2 aromatic heterocycles. The van der Waals surface area contributed by atoms with Crippen LogP contribution in [0.3, 0.4) is 0 Å². The van der Waals surface area contributed by atoms with Gasteiger partial charge in [0.15, 0.2) is 0 Å². The first kappa shape index (κ1) is 18.2. The van der Waals surface area contributed by atoms with Crippen LogP contribution in [-0.4, -0.2) is 28.1 Å². The number of hydrogen-bond donors (Lipinski definition) is 0. The van der Waals surface area contributed by atoms with Gasteiger partial charge in [0.1, 0.15) is 11.3 Å². The smallest absolute Gasteiger partial charge is 0.349 e. The molecule has 1 saturated carbocycles. The minimum atomic E-state index is -0.589. The first-order valence-corrected chi connectivity index (χ1v) is 9.31. The normalized spacial score (nSPS) is 13.9. The zero-order valence-corrected chi connectivity index (χ0v) is 15.8. The van der Waals surface area contributed by atoms with Gasteiger partial charge in [-0.15, -0.1) is 10.2 Å². The van der Waals surface area contributed by atoms with Gasteiger partial charge in [0.2, 0.25) is 11.8 Å². The maximum atomic E-state index is 12.8. The van der Waals surface area contributed by atoms with Crippen LogP contribution in [0.15, 0.2) is 50.0 Å². The number of rotatable bonds is 5. The van der Waals surface area contributed by atoms with E-state index in [0.29, 0.717) is 29.0 Å². The maximum absolute atomic E-state index is 12.8. The van der Waals surface area contributed by atoms with Gasteiger partial charge in [0.05, 0.1) is 6.54 Å². The van der Waals surface area contributed by atoms with Gasteiger partial charge in [0, 0.05) is 18.5 Å². The van der Waals surface area contributed by atoms with Gasteiger partial charge < -0.3 is 13.7 Å². The van der Waals surface area contributed by atoms with Crippen LogP contribution in [0, 0.1) is 6.92 Å². The Morgan fingerprint density at radius 3 is 2.57 bits per heavy atom. The number of benzene rings is 1. The number of carbonyl (C=O) groups excluding carboxylic acids is 1. The van der Waals surface area contributed by atoms with Crippen molar-refractivity contribution in [1.82, 2.24) is 15.1 Å². The number of nitrogens with zero attached hydrogens (tertiary/aromatic N) is 3. The highest BCUT2D eigenvalue weighted by atomic mass is 16.4. The summed E-state index contributed by atoms with van der Waals surface area (Å²) in [6.45, 7) is 1.86. The molecule has 0 N–H and O–H groups in total. The fourth-order valence-corrected chi connectivity index (χ4v) is 3.26. The summed E-state index contributed by atoms with van der Waals surface area (Å²) in [5, 5.41) is 8.02. The van der Waals surface area contributed by atoms with Gasteiger partial charge in [0.25, 0.3) is 5.91 Å². The number of aryl methyl sites for hydroxylation is 1. The molecule has 0 unspecified atom stereocenters. The van der Waals surface area contributed by atoms with Crippen molar-refractivity contribution in [3.05, 3.63) is 69.6 Å². The third kappa shape index (κ3) is 3.47. The van der Waals surface area contributed by atoms with Crippen molar-refractivity contribution in [2.45, 2.75) is 38.6 Å². The molecule has 3 aromatic rings. The van der Waals surface area contributed by atoms with Gasteiger partial charge in [-0.2, -0.15) is 0 Å². The summed E-state index contributed by atoms with van der Waals surface area (Å²) in [6.07, 6.45) is 3.19. The Balaban J connectivity index is 1.51. The first-order chi connectivity index (χ1) is 13.5. The second-order valence-corrected chi connectivity index (χ2v) is 7.15. The Labute approximate surface area is 162 Å². The summed E-state index contributed by atoms with van der Waals surface area (Å²) in [6, 6.07) is 11.2. The van der Waals surface area contributed by atoms with E-state index in [1.54, 1.807) is 14.0 Å². The Kier molecular flexibility index (Phi) is 4.81. The maximum Gasteiger partial charge on any atom is 0.349 e. The lowest BCUT2D eigenvalue weighted by Crippen LogP contribution is -2.31. The molecule has 0 radical (unpaired) electrons. The lowest BCUT2D eigenvalue weighted by Gasteiger charge is -2.24. The highest BCUT2D eigenvalue weighted by Crippen LogP contribution is 2.36. The average Bonchev–Trinajstić information content (AvgIpc) is 3.09. The Bertz CT molecular complexity index is 1050. The molecule has 1 aliphatic rings. The minimum Gasteiger partial charge on any atom is -0.427 e. The van der Waals surface area contributed by atoms with Crippen LogP contribution in [0.25, 0.3) is 11.5 Å². The number of carbonyl (C=O) groups is 1. The highest BCUT2D eigenvalue weighted by molar-refractivity contribution is 5.94. The van der Waals surface area contributed by atoms with Crippen molar-refractivity contribution < 1.29 is 13.6 Å². The van der Waals surface area contributed by atoms with Crippen molar-refractivity contribution in [2.75, 3.05) is 7.05 Å². The molecule has 7 nitrogen and oxygen atoms in total. The summed E-state index contributed by atoms with van der Waals surface area (Å²) < 4.78 is 11.1. The molecule has 2 heterocycles. The Morgan fingerprint density at radius 1 is 1.18 bits per heavy atom. The molecule has 0 saturated heterocycles. The van der Waals surface area contributed by atoms with E-state index in [1.807, 2.05) is 36.4 Å². The van der Waals surface area contributed by atoms with E-state index in [1.165, 1.54) is 4.90 Å². The Morgan fingerprint density at radius 2 is 1.93 bits per heavy atom. The largest absolute Gasteiger partial charge is 0.427 e. The van der Waals surface area contributed by atoms with Gasteiger partial charge in [-0.05, 0) is 43.5 Å². The second kappa shape index (κ2) is 7.42. The van der Waals surface area contributed by atoms with Crippen molar-refractivity contribution in [3.63, 3.8) is 0 Å². The number of amides is 1. The van der Waals surface area contributed by atoms with Crippen LogP contribution in [0.5, 0.6) is 0 Å². The molecule has 1 amide bonds. The van der Waals surface area contributed by atoms with Crippen LogP contribution in [0.1, 0.15) is 52.8 Å². The molecule has 1 fully saturated rings.